The lowest BCUT2D eigenvalue weighted by Crippen LogP contribution is -2.25. The number of amides is 2. The SMILES string of the molecule is CS(=O)(=O)c1ccccc1NC(=O)C1CNC(=O)C1. The van der Waals surface area contributed by atoms with Gasteiger partial charge in [-0.25, -0.2) is 8.42 Å². The molecule has 2 amide bonds. The molecule has 2 rings (SSSR count). The van der Waals surface area contributed by atoms with Crippen LogP contribution in [0.5, 0.6) is 0 Å². The van der Waals surface area contributed by atoms with Crippen LogP contribution in [0.15, 0.2) is 29.2 Å². The smallest absolute Gasteiger partial charge is 0.229 e. The summed E-state index contributed by atoms with van der Waals surface area (Å²) in [6, 6.07) is 6.19. The number of hydrogen-bond acceptors (Lipinski definition) is 4. The standard InChI is InChI=1S/C12H14N2O4S/c1-19(17,18)10-5-3-2-4-9(10)14-12(16)8-6-11(15)13-7-8/h2-5,8H,6-7H2,1H3,(H,13,15)(H,14,16). The van der Waals surface area contributed by atoms with E-state index in [-0.39, 0.29) is 35.4 Å². The molecule has 1 aromatic rings. The van der Waals surface area contributed by atoms with Gasteiger partial charge in [0.15, 0.2) is 9.84 Å². The first-order valence-electron chi connectivity index (χ1n) is 5.74. The topological polar surface area (TPSA) is 92.3 Å². The van der Waals surface area contributed by atoms with Crippen molar-refractivity contribution >= 4 is 27.3 Å². The van der Waals surface area contributed by atoms with E-state index in [1.54, 1.807) is 12.1 Å². The van der Waals surface area contributed by atoms with E-state index in [9.17, 15) is 18.0 Å². The monoisotopic (exact) mass is 282 g/mol. The largest absolute Gasteiger partial charge is 0.355 e. The fraction of sp³-hybridized carbons (Fsp3) is 0.333. The third-order valence-electron chi connectivity index (χ3n) is 2.89. The first kappa shape index (κ1) is 13.5. The average Bonchev–Trinajstić information content (AvgIpc) is 2.75. The van der Waals surface area contributed by atoms with Crippen LogP contribution in [-0.2, 0) is 19.4 Å². The van der Waals surface area contributed by atoms with Crippen LogP contribution < -0.4 is 10.6 Å². The van der Waals surface area contributed by atoms with Crippen molar-refractivity contribution in [1.82, 2.24) is 5.32 Å². The fourth-order valence-electron chi connectivity index (χ4n) is 1.92. The summed E-state index contributed by atoms with van der Waals surface area (Å²) in [5, 5.41) is 5.13. The zero-order chi connectivity index (χ0) is 14.0. The zero-order valence-electron chi connectivity index (χ0n) is 10.3. The molecule has 1 fully saturated rings. The molecule has 0 spiro atoms. The minimum atomic E-state index is -3.41. The lowest BCUT2D eigenvalue weighted by Gasteiger charge is -2.12. The van der Waals surface area contributed by atoms with Crippen molar-refractivity contribution in [3.05, 3.63) is 24.3 Å². The normalized spacial score (nSPS) is 19.0. The summed E-state index contributed by atoms with van der Waals surface area (Å²) >= 11 is 0. The van der Waals surface area contributed by atoms with Gasteiger partial charge in [-0.15, -0.1) is 0 Å². The van der Waals surface area contributed by atoms with Gasteiger partial charge in [0.25, 0.3) is 0 Å². The molecular formula is C12H14N2O4S. The van der Waals surface area contributed by atoms with E-state index in [4.69, 9.17) is 0 Å². The Morgan fingerprint density at radius 1 is 1.37 bits per heavy atom. The first-order valence-corrected chi connectivity index (χ1v) is 7.63. The van der Waals surface area contributed by atoms with Gasteiger partial charge < -0.3 is 10.6 Å². The third kappa shape index (κ3) is 3.11. The maximum Gasteiger partial charge on any atom is 0.229 e. The number of sulfone groups is 1. The maximum absolute atomic E-state index is 11.9. The van der Waals surface area contributed by atoms with Crippen LogP contribution in [0.4, 0.5) is 5.69 Å². The molecule has 0 radical (unpaired) electrons. The Hall–Kier alpha value is -1.89. The van der Waals surface area contributed by atoms with E-state index in [1.807, 2.05) is 0 Å². The lowest BCUT2D eigenvalue weighted by atomic mass is 10.1. The second-order valence-corrected chi connectivity index (χ2v) is 6.45. The molecule has 0 bridgehead atoms. The molecule has 1 aliphatic rings. The van der Waals surface area contributed by atoms with E-state index in [0.29, 0.717) is 0 Å². The number of para-hydroxylation sites is 1. The van der Waals surface area contributed by atoms with Crippen molar-refractivity contribution in [3.63, 3.8) is 0 Å². The van der Waals surface area contributed by atoms with Crippen molar-refractivity contribution in [2.45, 2.75) is 11.3 Å². The molecule has 0 saturated carbocycles. The van der Waals surface area contributed by atoms with Crippen LogP contribution in [0.2, 0.25) is 0 Å². The van der Waals surface area contributed by atoms with E-state index >= 15 is 0 Å². The number of rotatable bonds is 3. The van der Waals surface area contributed by atoms with Gasteiger partial charge in [-0.05, 0) is 12.1 Å². The third-order valence-corrected chi connectivity index (χ3v) is 4.05. The number of carbonyl (C=O) groups excluding carboxylic acids is 2. The van der Waals surface area contributed by atoms with Crippen molar-refractivity contribution in [3.8, 4) is 0 Å². The molecule has 1 unspecified atom stereocenters. The number of benzene rings is 1. The summed E-state index contributed by atoms with van der Waals surface area (Å²) in [5.74, 6) is -0.980. The number of hydrogen-bond donors (Lipinski definition) is 2. The summed E-state index contributed by atoms with van der Waals surface area (Å²) in [6.45, 7) is 0.283. The molecule has 1 aliphatic heterocycles. The summed E-state index contributed by atoms with van der Waals surface area (Å²) in [6.07, 6.45) is 1.21. The highest BCUT2D eigenvalue weighted by Crippen LogP contribution is 2.22. The Labute approximate surface area is 111 Å². The van der Waals surface area contributed by atoms with E-state index < -0.39 is 15.8 Å². The van der Waals surface area contributed by atoms with Gasteiger partial charge in [-0.1, -0.05) is 12.1 Å². The quantitative estimate of drug-likeness (QED) is 0.826. The van der Waals surface area contributed by atoms with E-state index in [1.165, 1.54) is 12.1 Å². The Balaban J connectivity index is 2.20. The Morgan fingerprint density at radius 3 is 2.63 bits per heavy atom. The summed E-state index contributed by atoms with van der Waals surface area (Å²) in [4.78, 5) is 23.1. The Morgan fingerprint density at radius 2 is 2.05 bits per heavy atom. The van der Waals surface area contributed by atoms with Gasteiger partial charge >= 0.3 is 0 Å². The van der Waals surface area contributed by atoms with Crippen LogP contribution in [0.25, 0.3) is 0 Å². The molecule has 19 heavy (non-hydrogen) atoms. The highest BCUT2D eigenvalue weighted by atomic mass is 32.2. The van der Waals surface area contributed by atoms with Crippen molar-refractivity contribution in [2.75, 3.05) is 18.1 Å². The molecule has 2 N–H and O–H groups in total. The minimum Gasteiger partial charge on any atom is -0.355 e. The second-order valence-electron chi connectivity index (χ2n) is 4.46. The number of nitrogens with one attached hydrogen (secondary N) is 2. The van der Waals surface area contributed by atoms with Crippen molar-refractivity contribution < 1.29 is 18.0 Å². The Kier molecular flexibility index (Phi) is 3.57. The number of anilines is 1. The van der Waals surface area contributed by atoms with E-state index in [0.717, 1.165) is 6.26 Å². The van der Waals surface area contributed by atoms with Gasteiger partial charge in [0.1, 0.15) is 0 Å². The van der Waals surface area contributed by atoms with Crippen LogP contribution in [-0.4, -0.2) is 33.0 Å². The van der Waals surface area contributed by atoms with Crippen LogP contribution in [0.3, 0.4) is 0 Å². The summed E-state index contributed by atoms with van der Waals surface area (Å²) < 4.78 is 23.2. The fourth-order valence-corrected chi connectivity index (χ4v) is 2.76. The summed E-state index contributed by atoms with van der Waals surface area (Å²) in [5.41, 5.74) is 0.245. The summed E-state index contributed by atoms with van der Waals surface area (Å²) in [7, 11) is -3.41. The van der Waals surface area contributed by atoms with Gasteiger partial charge in [0, 0.05) is 19.2 Å². The first-order chi connectivity index (χ1) is 8.88. The predicted molar refractivity (Wildman–Crippen MR) is 69.3 cm³/mol. The van der Waals surface area contributed by atoms with Gasteiger partial charge in [-0.3, -0.25) is 9.59 Å². The van der Waals surface area contributed by atoms with Crippen LogP contribution in [0, 0.1) is 5.92 Å². The molecule has 1 heterocycles. The molecule has 1 aromatic carbocycles. The van der Waals surface area contributed by atoms with Gasteiger partial charge in [-0.2, -0.15) is 0 Å². The number of carbonyl (C=O) groups is 2. The second kappa shape index (κ2) is 5.00. The maximum atomic E-state index is 11.9. The zero-order valence-corrected chi connectivity index (χ0v) is 11.2. The van der Waals surface area contributed by atoms with Crippen LogP contribution >= 0.6 is 0 Å². The van der Waals surface area contributed by atoms with Crippen molar-refractivity contribution in [1.29, 1.82) is 0 Å². The lowest BCUT2D eigenvalue weighted by molar-refractivity contribution is -0.123. The van der Waals surface area contributed by atoms with E-state index in [2.05, 4.69) is 10.6 Å². The molecule has 1 saturated heterocycles. The molecule has 7 heteroatoms. The van der Waals surface area contributed by atoms with Crippen LogP contribution in [0.1, 0.15) is 6.42 Å². The van der Waals surface area contributed by atoms with Gasteiger partial charge in [0.05, 0.1) is 16.5 Å². The average molecular weight is 282 g/mol. The Bertz CT molecular complexity index is 624. The predicted octanol–water partition coefficient (Wildman–Crippen LogP) is 0.165. The molecule has 102 valence electrons. The molecule has 0 aliphatic carbocycles. The molecule has 1 atom stereocenters. The van der Waals surface area contributed by atoms with Crippen molar-refractivity contribution in [2.24, 2.45) is 5.92 Å². The molecule has 0 aromatic heterocycles. The highest BCUT2D eigenvalue weighted by Gasteiger charge is 2.28. The molecule has 6 nitrogen and oxygen atoms in total. The highest BCUT2D eigenvalue weighted by molar-refractivity contribution is 7.90. The van der Waals surface area contributed by atoms with Gasteiger partial charge in [0.2, 0.25) is 11.8 Å². The minimum absolute atomic E-state index is 0.0700. The molecular weight excluding hydrogens is 268 g/mol.